The van der Waals surface area contributed by atoms with Crippen molar-refractivity contribution in [2.24, 2.45) is 0 Å². The molecule has 0 aliphatic carbocycles. The molecule has 0 bridgehead atoms. The number of benzene rings is 2. The number of carboxylic acid groups (broad SMARTS) is 1. The Labute approximate surface area is 217 Å². The summed E-state index contributed by atoms with van der Waals surface area (Å²) in [6, 6.07) is 10.2. The zero-order valence-corrected chi connectivity index (χ0v) is 19.8. The van der Waals surface area contributed by atoms with E-state index in [1.807, 2.05) is 0 Å². The van der Waals surface area contributed by atoms with E-state index in [2.05, 4.69) is 20.1 Å². The summed E-state index contributed by atoms with van der Waals surface area (Å²) in [7, 11) is 0. The number of nitrogen functional groups attached to an aromatic ring is 2. The highest BCUT2D eigenvalue weighted by molar-refractivity contribution is 5.94. The Bertz CT molecular complexity index is 1700. The number of anilines is 3. The van der Waals surface area contributed by atoms with Gasteiger partial charge in [-0.3, -0.25) is 4.90 Å². The molecule has 0 fully saturated rings. The second-order valence-electron chi connectivity index (χ2n) is 8.36. The van der Waals surface area contributed by atoms with Crippen LogP contribution in [0, 0.1) is 23.3 Å². The highest BCUT2D eigenvalue weighted by Gasteiger charge is 2.27. The van der Waals surface area contributed by atoms with E-state index in [0.717, 1.165) is 35.1 Å². The first-order chi connectivity index (χ1) is 18.6. The van der Waals surface area contributed by atoms with Gasteiger partial charge in [-0.25, -0.2) is 27.3 Å². The number of nitrogens with two attached hydrogens (primary N) is 2. The van der Waals surface area contributed by atoms with Gasteiger partial charge in [0.25, 0.3) is 5.95 Å². The van der Waals surface area contributed by atoms with Crippen LogP contribution in [0.1, 0.15) is 16.8 Å². The molecule has 5 aromatic rings. The van der Waals surface area contributed by atoms with E-state index in [-0.39, 0.29) is 29.1 Å². The summed E-state index contributed by atoms with van der Waals surface area (Å²) in [6.45, 7) is -0.780. The molecule has 2 aromatic carbocycles. The van der Waals surface area contributed by atoms with Gasteiger partial charge < -0.3 is 16.6 Å². The fourth-order valence-electron chi connectivity index (χ4n) is 4.06. The first-order valence-electron chi connectivity index (χ1n) is 11.3. The lowest BCUT2D eigenvalue weighted by molar-refractivity contribution is 0.201. The molecule has 0 saturated carbocycles. The number of halogens is 4. The molecule has 5 rings (SSSR count). The molecule has 0 aliphatic rings. The van der Waals surface area contributed by atoms with Gasteiger partial charge in [0.2, 0.25) is 0 Å². The maximum absolute atomic E-state index is 14.3. The molecular weight excluding hydrogens is 520 g/mol. The molecule has 39 heavy (non-hydrogen) atoms. The average molecular weight is 538 g/mol. The zero-order chi connectivity index (χ0) is 27.8. The third-order valence-electron chi connectivity index (χ3n) is 5.87. The molecule has 5 N–H and O–H groups in total. The third-order valence-corrected chi connectivity index (χ3v) is 5.87. The number of fused-ring (bicyclic) bond motifs is 1. The summed E-state index contributed by atoms with van der Waals surface area (Å²) < 4.78 is 57.9. The smallest absolute Gasteiger partial charge is 0.412 e. The summed E-state index contributed by atoms with van der Waals surface area (Å²) in [5.74, 6) is -4.32. The van der Waals surface area contributed by atoms with Crippen molar-refractivity contribution in [1.29, 1.82) is 0 Å². The average Bonchev–Trinajstić information content (AvgIpc) is 3.23. The lowest BCUT2D eigenvalue weighted by Gasteiger charge is -2.22. The van der Waals surface area contributed by atoms with Crippen molar-refractivity contribution in [3.63, 3.8) is 0 Å². The predicted molar refractivity (Wildman–Crippen MR) is 133 cm³/mol. The summed E-state index contributed by atoms with van der Waals surface area (Å²) in [5.41, 5.74) is 12.0. The van der Waals surface area contributed by atoms with E-state index >= 15 is 0 Å². The minimum Gasteiger partial charge on any atom is -0.465 e. The molecule has 0 aliphatic heterocycles. The van der Waals surface area contributed by atoms with Crippen LogP contribution in [0.4, 0.5) is 39.7 Å². The number of amides is 1. The van der Waals surface area contributed by atoms with E-state index in [4.69, 9.17) is 11.5 Å². The fraction of sp³-hybridized carbons (Fsp3) is 0.0800. The summed E-state index contributed by atoms with van der Waals surface area (Å²) in [6.07, 6.45) is -0.660. The number of nitrogens with zero attached hydrogens (tertiary/aromatic N) is 6. The lowest BCUT2D eigenvalue weighted by Crippen LogP contribution is -2.32. The molecular formula is C25H18F4N8O2. The molecule has 0 unspecified atom stereocenters. The molecule has 1 amide bonds. The topological polar surface area (TPSA) is 149 Å². The minimum absolute atomic E-state index is 0.00114. The van der Waals surface area contributed by atoms with E-state index in [0.29, 0.717) is 10.5 Å². The standard InChI is InChI=1S/C25H18F4N8O2/c26-13-9-19-20(32-10-13)18(8-12-4-1-2-5-15(12)27)35-37(19)24-33-22(30)21(23(31)34-24)36(25(38)39)11-14-16(28)6-3-7-17(14)29/h1-7,9-10H,8,11H2,(H,38,39)(H4,30,31,33,34). The molecule has 0 spiro atoms. The maximum atomic E-state index is 14.3. The molecule has 0 saturated heterocycles. The number of hydrogen-bond donors (Lipinski definition) is 3. The molecule has 3 aromatic heterocycles. The molecule has 0 radical (unpaired) electrons. The van der Waals surface area contributed by atoms with Gasteiger partial charge in [0, 0.05) is 18.1 Å². The van der Waals surface area contributed by atoms with Gasteiger partial charge >= 0.3 is 6.09 Å². The van der Waals surface area contributed by atoms with Crippen LogP contribution in [0.5, 0.6) is 0 Å². The van der Waals surface area contributed by atoms with Gasteiger partial charge in [0.1, 0.15) is 34.5 Å². The van der Waals surface area contributed by atoms with Crippen LogP contribution >= 0.6 is 0 Å². The monoisotopic (exact) mass is 538 g/mol. The molecule has 0 atom stereocenters. The summed E-state index contributed by atoms with van der Waals surface area (Å²) >= 11 is 0. The van der Waals surface area contributed by atoms with E-state index < -0.39 is 58.8 Å². The summed E-state index contributed by atoms with van der Waals surface area (Å²) in [5, 5.41) is 14.1. The summed E-state index contributed by atoms with van der Waals surface area (Å²) in [4.78, 5) is 24.8. The SMILES string of the molecule is Nc1nc(-n2nc(Cc3ccccc3F)c3ncc(F)cc32)nc(N)c1N(Cc1c(F)cccc1F)C(=O)O. The van der Waals surface area contributed by atoms with Crippen molar-refractivity contribution in [3.05, 3.63) is 94.8 Å². The van der Waals surface area contributed by atoms with E-state index in [1.54, 1.807) is 12.1 Å². The molecule has 198 valence electrons. The maximum Gasteiger partial charge on any atom is 0.412 e. The largest absolute Gasteiger partial charge is 0.465 e. The van der Waals surface area contributed by atoms with Crippen molar-refractivity contribution in [1.82, 2.24) is 24.7 Å². The van der Waals surface area contributed by atoms with Crippen molar-refractivity contribution in [2.75, 3.05) is 16.4 Å². The van der Waals surface area contributed by atoms with Crippen LogP contribution in [0.2, 0.25) is 0 Å². The van der Waals surface area contributed by atoms with Crippen LogP contribution in [0.25, 0.3) is 17.0 Å². The van der Waals surface area contributed by atoms with Crippen molar-refractivity contribution >= 4 is 34.4 Å². The normalized spacial score (nSPS) is 11.2. The van der Waals surface area contributed by atoms with Crippen LogP contribution in [-0.2, 0) is 13.0 Å². The van der Waals surface area contributed by atoms with Crippen LogP contribution in [0.15, 0.2) is 54.7 Å². The number of pyridine rings is 1. The van der Waals surface area contributed by atoms with Crippen LogP contribution < -0.4 is 16.4 Å². The Balaban J connectivity index is 1.60. The van der Waals surface area contributed by atoms with Crippen molar-refractivity contribution < 1.29 is 27.5 Å². The van der Waals surface area contributed by atoms with E-state index in [9.17, 15) is 27.5 Å². The Kier molecular flexibility index (Phi) is 6.44. The minimum atomic E-state index is -1.63. The Hall–Kier alpha value is -5.27. The third kappa shape index (κ3) is 4.74. The number of carbonyl (C=O) groups is 1. The Morgan fingerprint density at radius 1 is 0.949 bits per heavy atom. The highest BCUT2D eigenvalue weighted by Crippen LogP contribution is 2.32. The predicted octanol–water partition coefficient (Wildman–Crippen LogP) is 4.21. The van der Waals surface area contributed by atoms with Gasteiger partial charge in [0.15, 0.2) is 11.6 Å². The highest BCUT2D eigenvalue weighted by atomic mass is 19.1. The van der Waals surface area contributed by atoms with Crippen LogP contribution in [0.3, 0.4) is 0 Å². The van der Waals surface area contributed by atoms with Gasteiger partial charge in [-0.15, -0.1) is 0 Å². The van der Waals surface area contributed by atoms with Gasteiger partial charge in [-0.2, -0.15) is 19.7 Å². The Morgan fingerprint density at radius 3 is 2.23 bits per heavy atom. The fourth-order valence-corrected chi connectivity index (χ4v) is 4.06. The Morgan fingerprint density at radius 2 is 1.59 bits per heavy atom. The lowest BCUT2D eigenvalue weighted by atomic mass is 10.1. The van der Waals surface area contributed by atoms with E-state index in [1.165, 1.54) is 12.1 Å². The molecule has 10 nitrogen and oxygen atoms in total. The molecule has 14 heteroatoms. The van der Waals surface area contributed by atoms with Crippen molar-refractivity contribution in [2.45, 2.75) is 13.0 Å². The van der Waals surface area contributed by atoms with Gasteiger partial charge in [0.05, 0.1) is 24.0 Å². The second kappa shape index (κ2) is 9.89. The number of hydrogen-bond acceptors (Lipinski definition) is 7. The van der Waals surface area contributed by atoms with Gasteiger partial charge in [-0.05, 0) is 23.8 Å². The number of aromatic nitrogens is 5. The first kappa shape index (κ1) is 25.4. The number of rotatable bonds is 6. The van der Waals surface area contributed by atoms with Crippen molar-refractivity contribution in [3.8, 4) is 5.95 Å². The zero-order valence-electron chi connectivity index (χ0n) is 19.8. The second-order valence-corrected chi connectivity index (χ2v) is 8.36. The first-order valence-corrected chi connectivity index (χ1v) is 11.3. The van der Waals surface area contributed by atoms with Crippen LogP contribution in [-0.4, -0.2) is 35.9 Å². The quantitative estimate of drug-likeness (QED) is 0.272. The van der Waals surface area contributed by atoms with Gasteiger partial charge in [-0.1, -0.05) is 24.3 Å². The molecule has 3 heterocycles.